The molecule has 0 heterocycles. The minimum absolute atomic E-state index is 0.0925. The van der Waals surface area contributed by atoms with Crippen molar-refractivity contribution in [2.45, 2.75) is 12.8 Å². The van der Waals surface area contributed by atoms with Crippen molar-refractivity contribution >= 4 is 11.5 Å². The first-order valence-electron chi connectivity index (χ1n) is 6.87. The van der Waals surface area contributed by atoms with Crippen molar-refractivity contribution in [3.8, 4) is 17.2 Å². The first-order valence-corrected chi connectivity index (χ1v) is 6.87. The minimum Gasteiger partial charge on any atom is -0.508 e. The van der Waals surface area contributed by atoms with E-state index in [1.165, 1.54) is 14.2 Å². The van der Waals surface area contributed by atoms with E-state index in [1.807, 2.05) is 0 Å². The van der Waals surface area contributed by atoms with Crippen molar-refractivity contribution in [1.29, 1.82) is 0 Å². The molecule has 0 bridgehead atoms. The van der Waals surface area contributed by atoms with Crippen molar-refractivity contribution < 1.29 is 19.4 Å². The van der Waals surface area contributed by atoms with Gasteiger partial charge in [0.25, 0.3) is 0 Å². The summed E-state index contributed by atoms with van der Waals surface area (Å²) >= 11 is 0. The van der Waals surface area contributed by atoms with E-state index in [0.717, 1.165) is 5.56 Å². The summed E-state index contributed by atoms with van der Waals surface area (Å²) in [5.41, 5.74) is 7.64. The van der Waals surface area contributed by atoms with Gasteiger partial charge in [0.1, 0.15) is 17.2 Å². The van der Waals surface area contributed by atoms with Crippen molar-refractivity contribution in [2.75, 3.05) is 20.0 Å². The molecule has 0 unspecified atom stereocenters. The van der Waals surface area contributed by atoms with E-state index in [1.54, 1.807) is 36.4 Å². The number of anilines is 1. The van der Waals surface area contributed by atoms with Crippen LogP contribution in [0.3, 0.4) is 0 Å². The SMILES string of the molecule is COc1cc(N)c(C(=O)CCc2ccc(O)cc2)c(OC)c1. The molecular weight excluding hydrogens is 282 g/mol. The molecule has 3 N–H and O–H groups in total. The Morgan fingerprint density at radius 2 is 1.82 bits per heavy atom. The van der Waals surface area contributed by atoms with Gasteiger partial charge in [-0.15, -0.1) is 0 Å². The normalized spacial score (nSPS) is 10.3. The van der Waals surface area contributed by atoms with Gasteiger partial charge < -0.3 is 20.3 Å². The molecule has 2 aromatic rings. The van der Waals surface area contributed by atoms with Gasteiger partial charge in [-0.3, -0.25) is 4.79 Å². The number of carbonyl (C=O) groups excluding carboxylic acids is 1. The van der Waals surface area contributed by atoms with Crippen LogP contribution in [0.5, 0.6) is 17.2 Å². The number of ether oxygens (including phenoxy) is 2. The first kappa shape index (κ1) is 15.7. The Morgan fingerprint density at radius 1 is 1.14 bits per heavy atom. The average Bonchev–Trinajstić information content (AvgIpc) is 2.53. The Balaban J connectivity index is 2.17. The van der Waals surface area contributed by atoms with Crippen LogP contribution in [0.25, 0.3) is 0 Å². The molecule has 0 atom stereocenters. The Hall–Kier alpha value is -2.69. The molecule has 0 fully saturated rings. The number of hydrogen-bond donors (Lipinski definition) is 2. The van der Waals surface area contributed by atoms with Crippen LogP contribution in [0, 0.1) is 0 Å². The second-order valence-corrected chi connectivity index (χ2v) is 4.88. The zero-order valence-corrected chi connectivity index (χ0v) is 12.6. The van der Waals surface area contributed by atoms with E-state index in [4.69, 9.17) is 15.2 Å². The Morgan fingerprint density at radius 3 is 2.41 bits per heavy atom. The molecule has 0 aliphatic carbocycles. The third kappa shape index (κ3) is 3.49. The van der Waals surface area contributed by atoms with Gasteiger partial charge in [0.15, 0.2) is 5.78 Å². The molecule has 5 nitrogen and oxygen atoms in total. The van der Waals surface area contributed by atoms with Gasteiger partial charge in [-0.2, -0.15) is 0 Å². The summed E-state index contributed by atoms with van der Waals surface area (Å²) in [4.78, 5) is 12.4. The lowest BCUT2D eigenvalue weighted by atomic mass is 10.0. The zero-order chi connectivity index (χ0) is 16.1. The Kier molecular flexibility index (Phi) is 4.88. The molecule has 0 saturated carbocycles. The topological polar surface area (TPSA) is 81.8 Å². The molecule has 0 amide bonds. The highest BCUT2D eigenvalue weighted by molar-refractivity contribution is 6.03. The van der Waals surface area contributed by atoms with Gasteiger partial charge in [-0.05, 0) is 24.1 Å². The van der Waals surface area contributed by atoms with E-state index < -0.39 is 0 Å². The van der Waals surface area contributed by atoms with Crippen LogP contribution in [0.4, 0.5) is 5.69 Å². The number of Topliss-reactive ketones (excluding diaryl/α,β-unsaturated/α-hetero) is 1. The number of phenolic OH excluding ortho intramolecular Hbond substituents is 1. The lowest BCUT2D eigenvalue weighted by Crippen LogP contribution is -2.08. The molecule has 0 aromatic heterocycles. The molecule has 0 spiro atoms. The van der Waals surface area contributed by atoms with Crippen molar-refractivity contribution in [3.63, 3.8) is 0 Å². The molecule has 0 aliphatic heterocycles. The summed E-state index contributed by atoms with van der Waals surface area (Å²) in [5.74, 6) is 1.07. The van der Waals surface area contributed by atoms with E-state index >= 15 is 0 Å². The summed E-state index contributed by atoms with van der Waals surface area (Å²) in [7, 11) is 3.02. The smallest absolute Gasteiger partial charge is 0.169 e. The van der Waals surface area contributed by atoms with Gasteiger partial charge in [0.05, 0.1) is 19.8 Å². The fourth-order valence-electron chi connectivity index (χ4n) is 2.23. The quantitative estimate of drug-likeness (QED) is 0.633. The Labute approximate surface area is 129 Å². The maximum absolute atomic E-state index is 12.4. The molecular formula is C17H19NO4. The van der Waals surface area contributed by atoms with Gasteiger partial charge in [0.2, 0.25) is 0 Å². The van der Waals surface area contributed by atoms with Crippen LogP contribution >= 0.6 is 0 Å². The number of benzene rings is 2. The minimum atomic E-state index is -0.0925. The van der Waals surface area contributed by atoms with Crippen LogP contribution in [0.2, 0.25) is 0 Å². The van der Waals surface area contributed by atoms with Gasteiger partial charge in [-0.25, -0.2) is 0 Å². The number of nitrogen functional groups attached to an aromatic ring is 1. The number of methoxy groups -OCH3 is 2. The van der Waals surface area contributed by atoms with Crippen LogP contribution in [-0.2, 0) is 6.42 Å². The maximum Gasteiger partial charge on any atom is 0.169 e. The van der Waals surface area contributed by atoms with E-state index in [0.29, 0.717) is 35.6 Å². The number of nitrogens with two attached hydrogens (primary N) is 1. The largest absolute Gasteiger partial charge is 0.508 e. The van der Waals surface area contributed by atoms with Gasteiger partial charge in [0, 0.05) is 24.2 Å². The van der Waals surface area contributed by atoms with Gasteiger partial charge in [-0.1, -0.05) is 12.1 Å². The van der Waals surface area contributed by atoms with E-state index in [9.17, 15) is 9.90 Å². The fraction of sp³-hybridized carbons (Fsp3) is 0.235. The molecule has 0 radical (unpaired) electrons. The Bertz CT molecular complexity index is 665. The number of hydrogen-bond acceptors (Lipinski definition) is 5. The van der Waals surface area contributed by atoms with Crippen LogP contribution in [0.1, 0.15) is 22.3 Å². The third-order valence-corrected chi connectivity index (χ3v) is 3.42. The number of rotatable bonds is 6. The second-order valence-electron chi connectivity index (χ2n) is 4.88. The molecule has 116 valence electrons. The molecule has 5 heteroatoms. The van der Waals surface area contributed by atoms with Crippen molar-refractivity contribution in [1.82, 2.24) is 0 Å². The number of aromatic hydroxyl groups is 1. The zero-order valence-electron chi connectivity index (χ0n) is 12.6. The monoisotopic (exact) mass is 301 g/mol. The van der Waals surface area contributed by atoms with E-state index in [2.05, 4.69) is 0 Å². The van der Waals surface area contributed by atoms with Crippen LogP contribution in [-0.4, -0.2) is 25.1 Å². The maximum atomic E-state index is 12.4. The number of aryl methyl sites for hydroxylation is 1. The summed E-state index contributed by atoms with van der Waals surface area (Å²) in [6, 6.07) is 10.0. The molecule has 2 aromatic carbocycles. The standard InChI is InChI=1S/C17H19NO4/c1-21-13-9-14(18)17(16(10-13)22-2)15(20)8-5-11-3-6-12(19)7-4-11/h3-4,6-7,9-10,19H,5,8,18H2,1-2H3. The van der Waals surface area contributed by atoms with Crippen molar-refractivity contribution in [2.24, 2.45) is 0 Å². The predicted octanol–water partition coefficient (Wildman–Crippen LogP) is 2.81. The van der Waals surface area contributed by atoms with E-state index in [-0.39, 0.29) is 11.5 Å². The molecule has 2 rings (SSSR count). The lowest BCUT2D eigenvalue weighted by molar-refractivity contribution is 0.0981. The predicted molar refractivity (Wildman–Crippen MR) is 84.7 cm³/mol. The number of ketones is 1. The number of carbonyl (C=O) groups is 1. The number of phenols is 1. The fourth-order valence-corrected chi connectivity index (χ4v) is 2.23. The summed E-state index contributed by atoms with van der Waals surface area (Å²) in [5, 5.41) is 9.25. The molecule has 0 aliphatic rings. The highest BCUT2D eigenvalue weighted by atomic mass is 16.5. The third-order valence-electron chi connectivity index (χ3n) is 3.42. The second kappa shape index (κ2) is 6.85. The average molecular weight is 301 g/mol. The lowest BCUT2D eigenvalue weighted by Gasteiger charge is -2.12. The van der Waals surface area contributed by atoms with Crippen molar-refractivity contribution in [3.05, 3.63) is 47.5 Å². The first-order chi connectivity index (χ1) is 10.5. The molecule has 22 heavy (non-hydrogen) atoms. The molecule has 0 saturated heterocycles. The van der Waals surface area contributed by atoms with Gasteiger partial charge >= 0.3 is 0 Å². The highest BCUT2D eigenvalue weighted by Gasteiger charge is 2.17. The summed E-state index contributed by atoms with van der Waals surface area (Å²) in [6.07, 6.45) is 0.866. The highest BCUT2D eigenvalue weighted by Crippen LogP contribution is 2.31. The van der Waals surface area contributed by atoms with Crippen LogP contribution < -0.4 is 15.2 Å². The van der Waals surface area contributed by atoms with Crippen LogP contribution in [0.15, 0.2) is 36.4 Å². The summed E-state index contributed by atoms with van der Waals surface area (Å²) in [6.45, 7) is 0. The summed E-state index contributed by atoms with van der Waals surface area (Å²) < 4.78 is 10.4.